The van der Waals surface area contributed by atoms with Gasteiger partial charge in [0.1, 0.15) is 11.6 Å². The summed E-state index contributed by atoms with van der Waals surface area (Å²) < 4.78 is 28.0. The highest BCUT2D eigenvalue weighted by Crippen LogP contribution is 2.40. The molecule has 1 aliphatic rings. The summed E-state index contributed by atoms with van der Waals surface area (Å²) in [5, 5.41) is 8.35. The van der Waals surface area contributed by atoms with E-state index in [1.807, 2.05) is 18.2 Å². The zero-order valence-corrected chi connectivity index (χ0v) is 22.7. The van der Waals surface area contributed by atoms with E-state index in [1.54, 1.807) is 19.9 Å². The first-order chi connectivity index (χ1) is 17.5. The molecule has 37 heavy (non-hydrogen) atoms. The zero-order chi connectivity index (χ0) is 26.9. The van der Waals surface area contributed by atoms with Gasteiger partial charge in [0.15, 0.2) is 0 Å². The summed E-state index contributed by atoms with van der Waals surface area (Å²) in [7, 11) is 0. The minimum Gasteiger partial charge on any atom is -0.362 e. The molecule has 0 fully saturated rings. The van der Waals surface area contributed by atoms with Gasteiger partial charge in [-0.25, -0.2) is 8.78 Å². The van der Waals surface area contributed by atoms with Crippen molar-refractivity contribution in [2.45, 2.75) is 19.8 Å². The molecule has 0 aliphatic carbocycles. The second-order valence-corrected chi connectivity index (χ2v) is 10.1. The maximum atomic E-state index is 13.6. The fourth-order valence-electron chi connectivity index (χ4n) is 4.16. The molecule has 3 aromatic rings. The molecule has 5 nitrogen and oxygen atoms in total. The molecule has 1 heterocycles. The summed E-state index contributed by atoms with van der Waals surface area (Å²) in [4.78, 5) is 27.2. The first-order valence-corrected chi connectivity index (χ1v) is 12.6. The van der Waals surface area contributed by atoms with Gasteiger partial charge in [-0.3, -0.25) is 9.59 Å². The van der Waals surface area contributed by atoms with Gasteiger partial charge in [-0.2, -0.15) is 0 Å². The quantitative estimate of drug-likeness (QED) is 0.281. The number of nitrogens with one attached hydrogen (secondary N) is 3. The Morgan fingerprint density at radius 3 is 1.73 bits per heavy atom. The van der Waals surface area contributed by atoms with Crippen LogP contribution < -0.4 is 16.0 Å². The van der Waals surface area contributed by atoms with Crippen LogP contribution in [0.25, 0.3) is 0 Å². The lowest BCUT2D eigenvalue weighted by atomic mass is 9.79. The van der Waals surface area contributed by atoms with Crippen molar-refractivity contribution in [1.29, 1.82) is 0 Å². The third-order valence-electron chi connectivity index (χ3n) is 5.79. The number of rotatable bonds is 5. The van der Waals surface area contributed by atoms with Crippen LogP contribution in [0, 0.1) is 11.6 Å². The van der Waals surface area contributed by atoms with Gasteiger partial charge in [0.05, 0.1) is 10.0 Å². The highest BCUT2D eigenvalue weighted by atomic mass is 79.9. The van der Waals surface area contributed by atoms with Gasteiger partial charge in [-0.1, -0.05) is 51.3 Å². The van der Waals surface area contributed by atoms with Gasteiger partial charge < -0.3 is 16.0 Å². The molecule has 0 spiro atoms. The Balaban J connectivity index is 1.76. The van der Waals surface area contributed by atoms with Crippen LogP contribution in [0.2, 0.25) is 10.0 Å². The van der Waals surface area contributed by atoms with Crippen molar-refractivity contribution in [1.82, 2.24) is 5.32 Å². The number of carbonyl (C=O) groups is 2. The molecule has 0 radical (unpaired) electrons. The van der Waals surface area contributed by atoms with Gasteiger partial charge >= 0.3 is 0 Å². The molecule has 1 aliphatic heterocycles. The minimum absolute atomic E-state index is 0.137. The number of anilines is 2. The maximum absolute atomic E-state index is 13.6. The number of amides is 2. The topological polar surface area (TPSA) is 70.2 Å². The predicted octanol–water partition coefficient (Wildman–Crippen LogP) is 7.55. The molecule has 3 aromatic carbocycles. The molecule has 190 valence electrons. The molecule has 4 rings (SSSR count). The molecular formula is C27H20BrCl2F2N3O2. The number of dihydropyridines is 1. The predicted molar refractivity (Wildman–Crippen MR) is 145 cm³/mol. The maximum Gasteiger partial charge on any atom is 0.254 e. The third-order valence-corrected chi connectivity index (χ3v) is 6.86. The molecular weight excluding hydrogens is 587 g/mol. The van der Waals surface area contributed by atoms with Crippen LogP contribution in [0.15, 0.2) is 87.7 Å². The highest BCUT2D eigenvalue weighted by Gasteiger charge is 2.36. The Bertz CT molecular complexity index is 1400. The van der Waals surface area contributed by atoms with Gasteiger partial charge in [0.2, 0.25) is 0 Å². The van der Waals surface area contributed by atoms with Crippen LogP contribution in [0.3, 0.4) is 0 Å². The molecule has 0 bridgehead atoms. The van der Waals surface area contributed by atoms with E-state index in [2.05, 4.69) is 31.9 Å². The van der Waals surface area contributed by atoms with Crippen molar-refractivity contribution in [3.63, 3.8) is 0 Å². The van der Waals surface area contributed by atoms with E-state index >= 15 is 0 Å². The average Bonchev–Trinajstić information content (AvgIpc) is 2.83. The van der Waals surface area contributed by atoms with Crippen LogP contribution in [0.1, 0.15) is 25.3 Å². The molecule has 0 atom stereocenters. The standard InChI is InChI=1S/C27H20BrCl2F2N3O2/c1-13-23(26(36)34-17-6-8-21(31)19(29)11-17)25(15-4-3-5-16(28)10-15)24(14(2)33-13)27(37)35-18-7-9-22(32)20(30)12-18/h3-12,25,33H,1-2H3,(H,34,36)(H,35,37). The number of halogens is 5. The molecule has 0 saturated heterocycles. The Kier molecular flexibility index (Phi) is 8.02. The van der Waals surface area contributed by atoms with Crippen molar-refractivity contribution in [2.75, 3.05) is 10.6 Å². The summed E-state index contributed by atoms with van der Waals surface area (Å²) in [5.41, 5.74) is 2.91. The largest absolute Gasteiger partial charge is 0.362 e. The second kappa shape index (κ2) is 11.0. The number of allylic oxidation sites excluding steroid dienone is 2. The lowest BCUT2D eigenvalue weighted by molar-refractivity contribution is -0.113. The first-order valence-electron chi connectivity index (χ1n) is 11.0. The van der Waals surface area contributed by atoms with Crippen molar-refractivity contribution >= 4 is 62.3 Å². The smallest absolute Gasteiger partial charge is 0.254 e. The lowest BCUT2D eigenvalue weighted by Gasteiger charge is -2.31. The van der Waals surface area contributed by atoms with Crippen LogP contribution in [-0.2, 0) is 9.59 Å². The number of carbonyl (C=O) groups excluding carboxylic acids is 2. The normalized spacial score (nSPS) is 13.9. The van der Waals surface area contributed by atoms with Crippen LogP contribution >= 0.6 is 39.1 Å². The van der Waals surface area contributed by atoms with E-state index in [-0.39, 0.29) is 21.2 Å². The van der Waals surface area contributed by atoms with Crippen molar-refractivity contribution in [2.24, 2.45) is 0 Å². The van der Waals surface area contributed by atoms with Gasteiger partial charge in [0, 0.05) is 44.3 Å². The van der Waals surface area contributed by atoms with Crippen molar-refractivity contribution in [3.05, 3.63) is 115 Å². The van der Waals surface area contributed by atoms with Gasteiger partial charge in [0.25, 0.3) is 11.8 Å². The second-order valence-electron chi connectivity index (χ2n) is 8.36. The Hall–Kier alpha value is -3.20. The molecule has 0 aromatic heterocycles. The highest BCUT2D eigenvalue weighted by molar-refractivity contribution is 9.10. The lowest BCUT2D eigenvalue weighted by Crippen LogP contribution is -2.35. The van der Waals surface area contributed by atoms with E-state index in [4.69, 9.17) is 23.2 Å². The summed E-state index contributed by atoms with van der Waals surface area (Å²) in [6.45, 7) is 3.46. The summed E-state index contributed by atoms with van der Waals surface area (Å²) in [6, 6.07) is 15.0. The fourth-order valence-corrected chi connectivity index (χ4v) is 4.94. The summed E-state index contributed by atoms with van der Waals surface area (Å²) >= 11 is 15.2. The molecule has 10 heteroatoms. The third kappa shape index (κ3) is 5.87. The van der Waals surface area contributed by atoms with Crippen LogP contribution in [0.4, 0.5) is 20.2 Å². The van der Waals surface area contributed by atoms with Crippen molar-refractivity contribution < 1.29 is 18.4 Å². The monoisotopic (exact) mass is 605 g/mol. The fraction of sp³-hybridized carbons (Fsp3) is 0.111. The van der Waals surface area contributed by atoms with E-state index in [9.17, 15) is 18.4 Å². The number of hydrogen-bond acceptors (Lipinski definition) is 3. The Labute approximate surface area is 230 Å². The van der Waals surface area contributed by atoms with E-state index in [0.29, 0.717) is 28.3 Å². The van der Waals surface area contributed by atoms with Gasteiger partial charge in [-0.15, -0.1) is 0 Å². The first kappa shape index (κ1) is 26.9. The zero-order valence-electron chi connectivity index (χ0n) is 19.6. The van der Waals surface area contributed by atoms with E-state index < -0.39 is 29.4 Å². The molecule has 2 amide bonds. The molecule has 0 saturated carbocycles. The molecule has 0 unspecified atom stereocenters. The summed E-state index contributed by atoms with van der Waals surface area (Å²) in [6.07, 6.45) is 0. The van der Waals surface area contributed by atoms with Gasteiger partial charge in [-0.05, 0) is 67.9 Å². The van der Waals surface area contributed by atoms with Crippen LogP contribution in [-0.4, -0.2) is 11.8 Å². The van der Waals surface area contributed by atoms with E-state index in [1.165, 1.54) is 24.3 Å². The Morgan fingerprint density at radius 2 is 1.30 bits per heavy atom. The molecule has 3 N–H and O–H groups in total. The van der Waals surface area contributed by atoms with E-state index in [0.717, 1.165) is 16.6 Å². The minimum atomic E-state index is -0.773. The average molecular weight is 607 g/mol. The SMILES string of the molecule is CC1=C(C(=O)Nc2ccc(F)c(Cl)c2)C(c2cccc(Br)c2)C(C(=O)Nc2ccc(F)c(Cl)c2)=C(C)N1. The van der Waals surface area contributed by atoms with Crippen molar-refractivity contribution in [3.8, 4) is 0 Å². The Morgan fingerprint density at radius 1 is 0.811 bits per heavy atom. The summed E-state index contributed by atoms with van der Waals surface area (Å²) in [5.74, 6) is -2.99. The number of benzene rings is 3. The van der Waals surface area contributed by atoms with Crippen LogP contribution in [0.5, 0.6) is 0 Å². The number of hydrogen-bond donors (Lipinski definition) is 3.